The molecule has 0 saturated heterocycles. The molecule has 0 fully saturated rings. The second-order valence-electron chi connectivity index (χ2n) is 4.19. The molecule has 0 amide bonds. The minimum absolute atomic E-state index is 0.0844. The van der Waals surface area contributed by atoms with Crippen molar-refractivity contribution in [3.8, 4) is 0 Å². The van der Waals surface area contributed by atoms with Crippen LogP contribution in [0.15, 0.2) is 22.7 Å². The summed E-state index contributed by atoms with van der Waals surface area (Å²) in [5, 5.41) is 14.1. The number of halogens is 1. The molecule has 0 unspecified atom stereocenters. The van der Waals surface area contributed by atoms with Gasteiger partial charge in [-0.2, -0.15) is 0 Å². The highest BCUT2D eigenvalue weighted by atomic mass is 79.9. The molecule has 0 aliphatic carbocycles. The lowest BCUT2D eigenvalue weighted by Crippen LogP contribution is -2.26. The van der Waals surface area contributed by atoms with Crippen LogP contribution >= 0.6 is 15.9 Å². The Balaban J connectivity index is 2.49. The summed E-state index contributed by atoms with van der Waals surface area (Å²) in [6.07, 6.45) is 0. The number of benzene rings is 1. The molecule has 5 nitrogen and oxygen atoms in total. The lowest BCUT2D eigenvalue weighted by atomic mass is 10.2. The molecule has 0 saturated carbocycles. The smallest absolute Gasteiger partial charge is 0.276 e. The van der Waals surface area contributed by atoms with E-state index in [2.05, 4.69) is 35.1 Å². The number of nitro benzene ring substituents is 1. The average molecular weight is 317 g/mol. The lowest BCUT2D eigenvalue weighted by Gasteiger charge is -2.09. The van der Waals surface area contributed by atoms with E-state index in [4.69, 9.17) is 4.74 Å². The van der Waals surface area contributed by atoms with Crippen LogP contribution in [0.2, 0.25) is 0 Å². The third kappa shape index (κ3) is 5.12. The van der Waals surface area contributed by atoms with E-state index in [9.17, 15) is 10.1 Å². The summed E-state index contributed by atoms with van der Waals surface area (Å²) in [4.78, 5) is 10.5. The summed E-state index contributed by atoms with van der Waals surface area (Å²) in [6.45, 7) is 5.63. The Bertz CT molecular complexity index is 410. The Hall–Kier alpha value is -0.980. The SMILES string of the molecule is CC(C)NCCOCc1ccc(Br)cc1[N+](=O)[O-]. The molecule has 18 heavy (non-hydrogen) atoms. The largest absolute Gasteiger partial charge is 0.375 e. The molecule has 1 N–H and O–H groups in total. The van der Waals surface area contributed by atoms with Gasteiger partial charge in [0.25, 0.3) is 5.69 Å². The summed E-state index contributed by atoms with van der Waals surface area (Å²) in [6, 6.07) is 5.39. The van der Waals surface area contributed by atoms with Crippen LogP contribution in [0, 0.1) is 10.1 Å². The summed E-state index contributed by atoms with van der Waals surface area (Å²) in [5.41, 5.74) is 0.675. The van der Waals surface area contributed by atoms with Crippen molar-refractivity contribution in [2.45, 2.75) is 26.5 Å². The van der Waals surface area contributed by atoms with Gasteiger partial charge in [0.05, 0.1) is 23.7 Å². The van der Waals surface area contributed by atoms with Gasteiger partial charge >= 0.3 is 0 Å². The van der Waals surface area contributed by atoms with Gasteiger partial charge in [-0.05, 0) is 12.1 Å². The molecule has 6 heteroatoms. The van der Waals surface area contributed by atoms with E-state index < -0.39 is 4.92 Å². The topological polar surface area (TPSA) is 64.4 Å². The van der Waals surface area contributed by atoms with Crippen molar-refractivity contribution >= 4 is 21.6 Å². The molecule has 0 spiro atoms. The second-order valence-corrected chi connectivity index (χ2v) is 5.11. The molecule has 0 aliphatic rings. The third-order valence-corrected chi connectivity index (χ3v) is 2.79. The van der Waals surface area contributed by atoms with Crippen LogP contribution in [-0.4, -0.2) is 24.1 Å². The van der Waals surface area contributed by atoms with Crippen molar-refractivity contribution < 1.29 is 9.66 Å². The minimum atomic E-state index is -0.393. The molecule has 1 aromatic rings. The van der Waals surface area contributed by atoms with E-state index in [1.807, 2.05) is 0 Å². The maximum atomic E-state index is 10.9. The van der Waals surface area contributed by atoms with Crippen LogP contribution in [-0.2, 0) is 11.3 Å². The number of ether oxygens (including phenoxy) is 1. The highest BCUT2D eigenvalue weighted by Gasteiger charge is 2.13. The predicted molar refractivity (Wildman–Crippen MR) is 73.6 cm³/mol. The highest BCUT2D eigenvalue weighted by Crippen LogP contribution is 2.23. The van der Waals surface area contributed by atoms with E-state index in [0.717, 1.165) is 6.54 Å². The number of hydrogen-bond donors (Lipinski definition) is 1. The first-order valence-corrected chi connectivity index (χ1v) is 6.54. The van der Waals surface area contributed by atoms with Crippen molar-refractivity contribution in [2.75, 3.05) is 13.2 Å². The fraction of sp³-hybridized carbons (Fsp3) is 0.500. The van der Waals surface area contributed by atoms with Crippen molar-refractivity contribution in [2.24, 2.45) is 0 Å². The van der Waals surface area contributed by atoms with Crippen molar-refractivity contribution in [3.05, 3.63) is 38.3 Å². The first-order chi connectivity index (χ1) is 8.50. The summed E-state index contributed by atoms with van der Waals surface area (Å²) in [5.74, 6) is 0. The Morgan fingerprint density at radius 1 is 1.50 bits per heavy atom. The number of nitrogens with zero attached hydrogens (tertiary/aromatic N) is 1. The van der Waals surface area contributed by atoms with Gasteiger partial charge in [0, 0.05) is 23.1 Å². The zero-order valence-electron chi connectivity index (χ0n) is 10.5. The molecule has 0 bridgehead atoms. The maximum Gasteiger partial charge on any atom is 0.276 e. The van der Waals surface area contributed by atoms with E-state index in [0.29, 0.717) is 22.7 Å². The van der Waals surface area contributed by atoms with E-state index >= 15 is 0 Å². The first kappa shape index (κ1) is 15.1. The minimum Gasteiger partial charge on any atom is -0.375 e. The van der Waals surface area contributed by atoms with Gasteiger partial charge in [0.2, 0.25) is 0 Å². The van der Waals surface area contributed by atoms with Crippen LogP contribution in [0.5, 0.6) is 0 Å². The first-order valence-electron chi connectivity index (χ1n) is 5.74. The van der Waals surface area contributed by atoms with Gasteiger partial charge in [0.15, 0.2) is 0 Å². The summed E-state index contributed by atoms with van der Waals surface area (Å²) in [7, 11) is 0. The van der Waals surface area contributed by atoms with Crippen LogP contribution in [0.25, 0.3) is 0 Å². The monoisotopic (exact) mass is 316 g/mol. The van der Waals surface area contributed by atoms with E-state index in [1.54, 1.807) is 12.1 Å². The highest BCUT2D eigenvalue weighted by molar-refractivity contribution is 9.10. The summed E-state index contributed by atoms with van der Waals surface area (Å²) >= 11 is 3.22. The van der Waals surface area contributed by atoms with E-state index in [1.165, 1.54) is 6.07 Å². The van der Waals surface area contributed by atoms with E-state index in [-0.39, 0.29) is 12.3 Å². The zero-order valence-corrected chi connectivity index (χ0v) is 12.1. The lowest BCUT2D eigenvalue weighted by molar-refractivity contribution is -0.386. The Kier molecular flexibility index (Phi) is 6.24. The molecule has 0 aromatic heterocycles. The number of hydrogen-bond acceptors (Lipinski definition) is 4. The Labute approximate surface area is 115 Å². The molecule has 1 rings (SSSR count). The van der Waals surface area contributed by atoms with Crippen molar-refractivity contribution in [1.82, 2.24) is 5.32 Å². The van der Waals surface area contributed by atoms with Crippen LogP contribution in [0.3, 0.4) is 0 Å². The summed E-state index contributed by atoms with van der Waals surface area (Å²) < 4.78 is 6.11. The Morgan fingerprint density at radius 3 is 2.83 bits per heavy atom. The molecular weight excluding hydrogens is 300 g/mol. The maximum absolute atomic E-state index is 10.9. The average Bonchev–Trinajstić information content (AvgIpc) is 2.29. The third-order valence-electron chi connectivity index (χ3n) is 2.30. The number of nitrogens with one attached hydrogen (secondary N) is 1. The molecule has 0 radical (unpaired) electrons. The van der Waals surface area contributed by atoms with Crippen LogP contribution in [0.1, 0.15) is 19.4 Å². The van der Waals surface area contributed by atoms with Gasteiger partial charge in [-0.15, -0.1) is 0 Å². The quantitative estimate of drug-likeness (QED) is 0.477. The van der Waals surface area contributed by atoms with Crippen molar-refractivity contribution in [1.29, 1.82) is 0 Å². The fourth-order valence-corrected chi connectivity index (χ4v) is 1.78. The fourth-order valence-electron chi connectivity index (χ4n) is 1.43. The molecule has 0 atom stereocenters. The van der Waals surface area contributed by atoms with Crippen molar-refractivity contribution in [3.63, 3.8) is 0 Å². The molecule has 0 heterocycles. The number of rotatable bonds is 7. The second kappa shape index (κ2) is 7.45. The molecule has 0 aliphatic heterocycles. The molecular formula is C12H17BrN2O3. The van der Waals surface area contributed by atoms with Gasteiger partial charge in [-0.1, -0.05) is 29.8 Å². The zero-order chi connectivity index (χ0) is 13.5. The van der Waals surface area contributed by atoms with Crippen LogP contribution in [0.4, 0.5) is 5.69 Å². The standard InChI is InChI=1S/C12H17BrN2O3/c1-9(2)14-5-6-18-8-10-3-4-11(13)7-12(10)15(16)17/h3-4,7,9,14H,5-6,8H2,1-2H3. The number of nitro groups is 1. The predicted octanol–water partition coefficient (Wildman–Crippen LogP) is 2.87. The van der Waals surface area contributed by atoms with Gasteiger partial charge < -0.3 is 10.1 Å². The normalized spacial score (nSPS) is 10.9. The molecule has 1 aromatic carbocycles. The van der Waals surface area contributed by atoms with Gasteiger partial charge in [-0.25, -0.2) is 0 Å². The van der Waals surface area contributed by atoms with Crippen LogP contribution < -0.4 is 5.32 Å². The molecule has 100 valence electrons. The van der Waals surface area contributed by atoms with Gasteiger partial charge in [-0.3, -0.25) is 10.1 Å². The van der Waals surface area contributed by atoms with Gasteiger partial charge in [0.1, 0.15) is 0 Å². The Morgan fingerprint density at radius 2 is 2.22 bits per heavy atom.